The highest BCUT2D eigenvalue weighted by molar-refractivity contribution is 5.28. The van der Waals surface area contributed by atoms with Crippen molar-refractivity contribution in [3.8, 4) is 5.75 Å². The zero-order valence-corrected chi connectivity index (χ0v) is 12.2. The Balaban J connectivity index is 1.61. The predicted molar refractivity (Wildman–Crippen MR) is 79.4 cm³/mol. The number of unbranched alkanes of at least 4 members (excludes halogenated alkanes) is 5. The molecule has 0 aliphatic carbocycles. The summed E-state index contributed by atoms with van der Waals surface area (Å²) in [4.78, 5) is 0. The summed E-state index contributed by atoms with van der Waals surface area (Å²) >= 11 is 0. The first-order chi connectivity index (χ1) is 9.90. The maximum absolute atomic E-state index is 5.73. The fourth-order valence-corrected chi connectivity index (χ4v) is 2.19. The predicted octanol–water partition coefficient (Wildman–Crippen LogP) is 4.94. The lowest BCUT2D eigenvalue weighted by Crippen LogP contribution is -1.99. The van der Waals surface area contributed by atoms with Gasteiger partial charge in [-0.3, -0.25) is 0 Å². The van der Waals surface area contributed by atoms with E-state index in [1.54, 1.807) is 12.5 Å². The van der Waals surface area contributed by atoms with Gasteiger partial charge in [0.15, 0.2) is 0 Å². The van der Waals surface area contributed by atoms with Crippen molar-refractivity contribution in [2.24, 2.45) is 0 Å². The minimum Gasteiger partial charge on any atom is -0.494 e. The van der Waals surface area contributed by atoms with Gasteiger partial charge >= 0.3 is 0 Å². The molecule has 1 heterocycles. The quantitative estimate of drug-likeness (QED) is 0.598. The standard InChI is InChI=1S/C17H24O3/c1-2-3-4-5-6-7-12-18-16-10-8-15(9-11-16)17-19-13-14-20-17/h8-11,13-14,17H,2-7,12H2,1H3. The molecule has 0 fully saturated rings. The molecule has 0 atom stereocenters. The van der Waals surface area contributed by atoms with Crippen molar-refractivity contribution in [3.63, 3.8) is 0 Å². The van der Waals surface area contributed by atoms with Crippen molar-refractivity contribution in [2.75, 3.05) is 6.61 Å². The second kappa shape index (κ2) is 8.51. The second-order valence-corrected chi connectivity index (χ2v) is 5.06. The lowest BCUT2D eigenvalue weighted by molar-refractivity contribution is -0.0246. The van der Waals surface area contributed by atoms with Gasteiger partial charge in [0.1, 0.15) is 18.3 Å². The van der Waals surface area contributed by atoms with Crippen LogP contribution in [0.5, 0.6) is 5.75 Å². The van der Waals surface area contributed by atoms with Gasteiger partial charge in [0.25, 0.3) is 6.29 Å². The molecule has 0 unspecified atom stereocenters. The van der Waals surface area contributed by atoms with Crippen LogP contribution in [0.4, 0.5) is 0 Å². The third kappa shape index (κ3) is 4.80. The second-order valence-electron chi connectivity index (χ2n) is 5.06. The molecule has 20 heavy (non-hydrogen) atoms. The van der Waals surface area contributed by atoms with E-state index >= 15 is 0 Å². The van der Waals surface area contributed by atoms with E-state index in [1.807, 2.05) is 24.3 Å². The number of hydrogen-bond donors (Lipinski definition) is 0. The molecule has 0 spiro atoms. The first kappa shape index (κ1) is 14.8. The molecule has 0 saturated carbocycles. The fourth-order valence-electron chi connectivity index (χ4n) is 2.19. The summed E-state index contributed by atoms with van der Waals surface area (Å²) in [5, 5.41) is 0. The van der Waals surface area contributed by atoms with Crippen LogP contribution in [0.15, 0.2) is 36.8 Å². The molecular weight excluding hydrogens is 252 g/mol. The number of benzene rings is 1. The summed E-state index contributed by atoms with van der Waals surface area (Å²) in [7, 11) is 0. The molecule has 0 saturated heterocycles. The molecule has 0 amide bonds. The Morgan fingerprint density at radius 2 is 1.55 bits per heavy atom. The molecular formula is C17H24O3. The molecule has 0 radical (unpaired) electrons. The van der Waals surface area contributed by atoms with Gasteiger partial charge in [0, 0.05) is 5.56 Å². The molecule has 1 aromatic carbocycles. The monoisotopic (exact) mass is 276 g/mol. The van der Waals surface area contributed by atoms with Crippen LogP contribution in [-0.4, -0.2) is 6.61 Å². The van der Waals surface area contributed by atoms with Crippen LogP contribution < -0.4 is 4.74 Å². The highest BCUT2D eigenvalue weighted by Crippen LogP contribution is 2.25. The highest BCUT2D eigenvalue weighted by Gasteiger charge is 2.14. The topological polar surface area (TPSA) is 27.7 Å². The van der Waals surface area contributed by atoms with Crippen molar-refractivity contribution in [2.45, 2.75) is 51.7 Å². The van der Waals surface area contributed by atoms with Crippen LogP contribution in [0.2, 0.25) is 0 Å². The average Bonchev–Trinajstić information content (AvgIpc) is 3.01. The first-order valence-electron chi connectivity index (χ1n) is 7.59. The van der Waals surface area contributed by atoms with Gasteiger partial charge in [-0.25, -0.2) is 0 Å². The van der Waals surface area contributed by atoms with E-state index in [0.29, 0.717) is 0 Å². The summed E-state index contributed by atoms with van der Waals surface area (Å²) in [5.74, 6) is 0.910. The zero-order valence-electron chi connectivity index (χ0n) is 12.2. The van der Waals surface area contributed by atoms with Crippen LogP contribution in [0.3, 0.4) is 0 Å². The molecule has 0 N–H and O–H groups in total. The van der Waals surface area contributed by atoms with Gasteiger partial charge in [0.05, 0.1) is 6.61 Å². The normalized spacial score (nSPS) is 14.1. The van der Waals surface area contributed by atoms with Crippen LogP contribution in [-0.2, 0) is 9.47 Å². The van der Waals surface area contributed by atoms with Gasteiger partial charge in [0.2, 0.25) is 0 Å². The minimum absolute atomic E-state index is 0.303. The maximum Gasteiger partial charge on any atom is 0.266 e. The van der Waals surface area contributed by atoms with E-state index in [4.69, 9.17) is 14.2 Å². The fraction of sp³-hybridized carbons (Fsp3) is 0.529. The van der Waals surface area contributed by atoms with Crippen LogP contribution in [0.25, 0.3) is 0 Å². The summed E-state index contributed by atoms with van der Waals surface area (Å²) in [6.07, 6.45) is 10.5. The lowest BCUT2D eigenvalue weighted by atomic mass is 10.1. The van der Waals surface area contributed by atoms with Crippen LogP contribution in [0.1, 0.15) is 57.3 Å². The lowest BCUT2D eigenvalue weighted by Gasteiger charge is -2.11. The summed E-state index contributed by atoms with van der Waals surface area (Å²) in [6.45, 7) is 3.04. The van der Waals surface area contributed by atoms with Crippen molar-refractivity contribution in [1.82, 2.24) is 0 Å². The van der Waals surface area contributed by atoms with Gasteiger partial charge in [-0.2, -0.15) is 0 Å². The Morgan fingerprint density at radius 1 is 0.900 bits per heavy atom. The van der Waals surface area contributed by atoms with Crippen molar-refractivity contribution >= 4 is 0 Å². The van der Waals surface area contributed by atoms with Crippen molar-refractivity contribution < 1.29 is 14.2 Å². The molecule has 2 rings (SSSR count). The highest BCUT2D eigenvalue weighted by atomic mass is 16.7. The van der Waals surface area contributed by atoms with Crippen LogP contribution in [0, 0.1) is 0 Å². The Kier molecular flexibility index (Phi) is 6.28. The van der Waals surface area contributed by atoms with Gasteiger partial charge in [-0.05, 0) is 30.7 Å². The molecule has 1 aromatic rings. The Labute approximate surface area is 121 Å². The molecule has 0 bridgehead atoms. The Morgan fingerprint density at radius 3 is 2.25 bits per heavy atom. The largest absolute Gasteiger partial charge is 0.494 e. The van der Waals surface area contributed by atoms with Gasteiger partial charge in [-0.1, -0.05) is 39.0 Å². The van der Waals surface area contributed by atoms with E-state index in [2.05, 4.69) is 6.92 Å². The number of ether oxygens (including phenoxy) is 3. The van der Waals surface area contributed by atoms with E-state index in [0.717, 1.165) is 24.3 Å². The van der Waals surface area contributed by atoms with Gasteiger partial charge in [-0.15, -0.1) is 0 Å². The SMILES string of the molecule is CCCCCCCCOc1ccc(C2OC=CO2)cc1. The summed E-state index contributed by atoms with van der Waals surface area (Å²) < 4.78 is 16.3. The van der Waals surface area contributed by atoms with Gasteiger partial charge < -0.3 is 14.2 Å². The first-order valence-corrected chi connectivity index (χ1v) is 7.59. The molecule has 3 nitrogen and oxygen atoms in total. The third-order valence-corrected chi connectivity index (χ3v) is 3.38. The molecule has 110 valence electrons. The van der Waals surface area contributed by atoms with E-state index in [9.17, 15) is 0 Å². The smallest absolute Gasteiger partial charge is 0.266 e. The average molecular weight is 276 g/mol. The van der Waals surface area contributed by atoms with E-state index in [1.165, 1.54) is 32.1 Å². The molecule has 0 aromatic heterocycles. The van der Waals surface area contributed by atoms with Crippen molar-refractivity contribution in [3.05, 3.63) is 42.4 Å². The molecule has 1 aliphatic rings. The number of rotatable bonds is 9. The molecule has 1 aliphatic heterocycles. The van der Waals surface area contributed by atoms with E-state index in [-0.39, 0.29) is 6.29 Å². The summed E-state index contributed by atoms with van der Waals surface area (Å²) in [5.41, 5.74) is 1.00. The van der Waals surface area contributed by atoms with Crippen LogP contribution >= 0.6 is 0 Å². The zero-order chi connectivity index (χ0) is 14.0. The Bertz CT molecular complexity index is 389. The maximum atomic E-state index is 5.73. The molecule has 3 heteroatoms. The van der Waals surface area contributed by atoms with Crippen molar-refractivity contribution in [1.29, 1.82) is 0 Å². The Hall–Kier alpha value is -1.64. The third-order valence-electron chi connectivity index (χ3n) is 3.38. The van der Waals surface area contributed by atoms with E-state index < -0.39 is 0 Å². The number of hydrogen-bond acceptors (Lipinski definition) is 3. The minimum atomic E-state index is -0.303. The summed E-state index contributed by atoms with van der Waals surface area (Å²) in [6, 6.07) is 7.90.